The number of nitrogens with zero attached hydrogens (tertiary/aromatic N) is 1. The van der Waals surface area contributed by atoms with Gasteiger partial charge in [-0.15, -0.1) is 24.8 Å². The summed E-state index contributed by atoms with van der Waals surface area (Å²) >= 11 is 0. The zero-order valence-electron chi connectivity index (χ0n) is 13.1. The first-order chi connectivity index (χ1) is 10.8. The van der Waals surface area contributed by atoms with Crippen LogP contribution < -0.4 is 15.4 Å². The van der Waals surface area contributed by atoms with Crippen molar-refractivity contribution in [3.05, 3.63) is 48.8 Å². The zero-order valence-corrected chi connectivity index (χ0v) is 14.7. The van der Waals surface area contributed by atoms with Crippen molar-refractivity contribution in [2.75, 3.05) is 11.9 Å². The van der Waals surface area contributed by atoms with Crippen LogP contribution in [0.1, 0.15) is 19.3 Å². The third-order valence-corrected chi connectivity index (χ3v) is 3.61. The predicted molar refractivity (Wildman–Crippen MR) is 99.5 cm³/mol. The standard InChI is InChI=1S/C17H19N3O2.2ClH/c21-17(16-6-1-2-9-19-16)20-13-4-3-5-15(12-13)22-14-7-10-18-11-8-14;;/h3-5,7-8,10-12,16,19H,1-2,6,9H2,(H,20,21);2*1H/t16-;;/m1../s1. The van der Waals surface area contributed by atoms with E-state index in [1.807, 2.05) is 24.3 Å². The molecule has 24 heavy (non-hydrogen) atoms. The van der Waals surface area contributed by atoms with Crippen molar-refractivity contribution in [2.45, 2.75) is 25.3 Å². The maximum absolute atomic E-state index is 12.2. The lowest BCUT2D eigenvalue weighted by Gasteiger charge is -2.22. The maximum Gasteiger partial charge on any atom is 0.241 e. The van der Waals surface area contributed by atoms with Crippen LogP contribution in [-0.4, -0.2) is 23.5 Å². The third kappa shape index (κ3) is 5.67. The summed E-state index contributed by atoms with van der Waals surface area (Å²) in [6, 6.07) is 10.9. The van der Waals surface area contributed by atoms with Crippen LogP contribution in [0.4, 0.5) is 5.69 Å². The van der Waals surface area contributed by atoms with Crippen molar-refractivity contribution >= 4 is 36.4 Å². The van der Waals surface area contributed by atoms with E-state index in [4.69, 9.17) is 4.74 Å². The number of rotatable bonds is 4. The topological polar surface area (TPSA) is 63.2 Å². The van der Waals surface area contributed by atoms with Gasteiger partial charge in [0.1, 0.15) is 11.5 Å². The molecule has 1 saturated heterocycles. The van der Waals surface area contributed by atoms with E-state index >= 15 is 0 Å². The van der Waals surface area contributed by atoms with Crippen LogP contribution in [0.2, 0.25) is 0 Å². The Balaban J connectivity index is 0.00000144. The van der Waals surface area contributed by atoms with Gasteiger partial charge < -0.3 is 15.4 Å². The Hall–Kier alpha value is -1.82. The van der Waals surface area contributed by atoms with Gasteiger partial charge in [0.05, 0.1) is 6.04 Å². The van der Waals surface area contributed by atoms with E-state index in [1.54, 1.807) is 24.5 Å². The molecule has 3 rings (SSSR count). The number of anilines is 1. The fourth-order valence-corrected chi connectivity index (χ4v) is 2.48. The van der Waals surface area contributed by atoms with E-state index in [-0.39, 0.29) is 36.8 Å². The van der Waals surface area contributed by atoms with Gasteiger partial charge in [-0.3, -0.25) is 9.78 Å². The maximum atomic E-state index is 12.2. The van der Waals surface area contributed by atoms with Crippen molar-refractivity contribution < 1.29 is 9.53 Å². The summed E-state index contributed by atoms with van der Waals surface area (Å²) in [5, 5.41) is 6.19. The van der Waals surface area contributed by atoms with Crippen LogP contribution in [0.3, 0.4) is 0 Å². The van der Waals surface area contributed by atoms with Gasteiger partial charge in [-0.1, -0.05) is 12.5 Å². The molecule has 7 heteroatoms. The van der Waals surface area contributed by atoms with Gasteiger partial charge in [0.25, 0.3) is 0 Å². The van der Waals surface area contributed by atoms with Crippen molar-refractivity contribution in [1.82, 2.24) is 10.3 Å². The number of hydrogen-bond donors (Lipinski definition) is 2. The number of nitrogens with one attached hydrogen (secondary N) is 2. The van der Waals surface area contributed by atoms with E-state index in [9.17, 15) is 4.79 Å². The number of pyridine rings is 1. The van der Waals surface area contributed by atoms with Gasteiger partial charge in [-0.25, -0.2) is 0 Å². The van der Waals surface area contributed by atoms with Crippen LogP contribution in [0, 0.1) is 0 Å². The molecule has 0 spiro atoms. The van der Waals surface area contributed by atoms with Gasteiger partial charge >= 0.3 is 0 Å². The predicted octanol–water partition coefficient (Wildman–Crippen LogP) is 3.80. The van der Waals surface area contributed by atoms with Gasteiger partial charge in [-0.05, 0) is 43.7 Å². The van der Waals surface area contributed by atoms with Crippen LogP contribution >= 0.6 is 24.8 Å². The van der Waals surface area contributed by atoms with E-state index < -0.39 is 0 Å². The first-order valence-electron chi connectivity index (χ1n) is 7.53. The number of piperidine rings is 1. The molecule has 1 aromatic heterocycles. The molecule has 1 aliphatic heterocycles. The Bertz CT molecular complexity index is 635. The summed E-state index contributed by atoms with van der Waals surface area (Å²) in [5.74, 6) is 1.41. The second-order valence-electron chi connectivity index (χ2n) is 5.30. The number of ether oxygens (including phenoxy) is 1. The van der Waals surface area contributed by atoms with Crippen molar-refractivity contribution in [3.63, 3.8) is 0 Å². The second kappa shape index (κ2) is 10.1. The normalized spacial score (nSPS) is 16.2. The lowest BCUT2D eigenvalue weighted by atomic mass is 10.0. The molecule has 0 unspecified atom stereocenters. The second-order valence-corrected chi connectivity index (χ2v) is 5.30. The minimum Gasteiger partial charge on any atom is -0.457 e. The smallest absolute Gasteiger partial charge is 0.241 e. The Kier molecular flexibility index (Phi) is 8.54. The number of halogens is 2. The lowest BCUT2D eigenvalue weighted by Crippen LogP contribution is -2.43. The monoisotopic (exact) mass is 369 g/mol. The molecule has 0 saturated carbocycles. The molecule has 0 radical (unpaired) electrons. The van der Waals surface area contributed by atoms with E-state index in [0.717, 1.165) is 31.5 Å². The summed E-state index contributed by atoms with van der Waals surface area (Å²) in [4.78, 5) is 16.2. The molecule has 1 fully saturated rings. The summed E-state index contributed by atoms with van der Waals surface area (Å²) in [6.45, 7) is 0.906. The Labute approximate surface area is 154 Å². The first-order valence-corrected chi connectivity index (χ1v) is 7.53. The highest BCUT2D eigenvalue weighted by Gasteiger charge is 2.20. The zero-order chi connectivity index (χ0) is 15.2. The van der Waals surface area contributed by atoms with E-state index in [0.29, 0.717) is 11.5 Å². The molecule has 5 nitrogen and oxygen atoms in total. The van der Waals surface area contributed by atoms with E-state index in [2.05, 4.69) is 15.6 Å². The molecular weight excluding hydrogens is 349 g/mol. The first kappa shape index (κ1) is 20.2. The molecule has 1 aromatic carbocycles. The number of aromatic nitrogens is 1. The van der Waals surface area contributed by atoms with Crippen LogP contribution in [0.15, 0.2) is 48.8 Å². The van der Waals surface area contributed by atoms with Crippen LogP contribution in [0.25, 0.3) is 0 Å². The molecule has 2 N–H and O–H groups in total. The largest absolute Gasteiger partial charge is 0.457 e. The molecular formula is C17H21Cl2N3O2. The molecule has 1 amide bonds. The fourth-order valence-electron chi connectivity index (χ4n) is 2.48. The minimum absolute atomic E-state index is 0. The highest BCUT2D eigenvalue weighted by molar-refractivity contribution is 5.95. The van der Waals surface area contributed by atoms with Crippen molar-refractivity contribution in [2.24, 2.45) is 0 Å². The SMILES string of the molecule is Cl.Cl.O=C(Nc1cccc(Oc2ccncc2)c1)[C@H]1CCCCN1. The van der Waals surface area contributed by atoms with Crippen molar-refractivity contribution in [1.29, 1.82) is 0 Å². The number of carbonyl (C=O) groups excluding carboxylic acids is 1. The highest BCUT2D eigenvalue weighted by atomic mass is 35.5. The number of amides is 1. The summed E-state index contributed by atoms with van der Waals surface area (Å²) < 4.78 is 5.74. The number of hydrogen-bond acceptors (Lipinski definition) is 4. The Morgan fingerprint density at radius 2 is 1.92 bits per heavy atom. The summed E-state index contributed by atoms with van der Waals surface area (Å²) in [7, 11) is 0. The molecule has 2 heterocycles. The highest BCUT2D eigenvalue weighted by Crippen LogP contribution is 2.23. The minimum atomic E-state index is -0.0986. The molecule has 0 bridgehead atoms. The Morgan fingerprint density at radius 3 is 2.62 bits per heavy atom. The molecule has 2 aromatic rings. The quantitative estimate of drug-likeness (QED) is 0.860. The van der Waals surface area contributed by atoms with Gasteiger partial charge in [0, 0.05) is 24.1 Å². The molecule has 0 aliphatic carbocycles. The van der Waals surface area contributed by atoms with Gasteiger partial charge in [0.15, 0.2) is 0 Å². The lowest BCUT2D eigenvalue weighted by molar-refractivity contribution is -0.118. The Morgan fingerprint density at radius 1 is 1.12 bits per heavy atom. The molecule has 130 valence electrons. The summed E-state index contributed by atoms with van der Waals surface area (Å²) in [5.41, 5.74) is 0.740. The van der Waals surface area contributed by atoms with Crippen molar-refractivity contribution in [3.8, 4) is 11.5 Å². The number of benzene rings is 1. The molecule has 1 atom stereocenters. The summed E-state index contributed by atoms with van der Waals surface area (Å²) in [6.07, 6.45) is 6.47. The van der Waals surface area contributed by atoms with Crippen LogP contribution in [-0.2, 0) is 4.79 Å². The average Bonchev–Trinajstić information content (AvgIpc) is 2.57. The van der Waals surface area contributed by atoms with Gasteiger partial charge in [-0.2, -0.15) is 0 Å². The third-order valence-electron chi connectivity index (χ3n) is 3.61. The average molecular weight is 370 g/mol. The van der Waals surface area contributed by atoms with Gasteiger partial charge in [0.2, 0.25) is 5.91 Å². The number of carbonyl (C=O) groups is 1. The van der Waals surface area contributed by atoms with E-state index in [1.165, 1.54) is 0 Å². The molecule has 1 aliphatic rings. The van der Waals surface area contributed by atoms with Crippen LogP contribution in [0.5, 0.6) is 11.5 Å². The fraction of sp³-hybridized carbons (Fsp3) is 0.294.